The summed E-state index contributed by atoms with van der Waals surface area (Å²) in [5.74, 6) is -0.322. The fourth-order valence-electron chi connectivity index (χ4n) is 4.93. The molecule has 35 heavy (non-hydrogen) atoms. The first-order valence-electron chi connectivity index (χ1n) is 11.7. The summed E-state index contributed by atoms with van der Waals surface area (Å²) in [7, 11) is 4.25. The first-order valence-corrected chi connectivity index (χ1v) is 13.2. The Balaban J connectivity index is 1.26. The maximum Gasteiger partial charge on any atom is 0.265 e. The van der Waals surface area contributed by atoms with Crippen molar-refractivity contribution in [1.29, 1.82) is 0 Å². The molecule has 2 aliphatic rings. The monoisotopic (exact) mass is 527 g/mol. The second kappa shape index (κ2) is 9.58. The Labute approximate surface area is 219 Å². The normalized spacial score (nSPS) is 16.0. The van der Waals surface area contributed by atoms with Crippen LogP contribution in [0, 0.1) is 0 Å². The third-order valence-electron chi connectivity index (χ3n) is 6.84. The Morgan fingerprint density at radius 2 is 1.86 bits per heavy atom. The standard InChI is InChI=1S/C27H27Cl2N3O2S/c1-31(2)16-27(10-11-27)18-5-3-17(4-6-18)9-12-32-15-21-20(26(32)34)13-19(28)14-22(21)30-25(33)23-7-8-24(29)35-23/h3-8,13-14H,9-12,15-16H2,1-2H3,(H,30,33). The summed E-state index contributed by atoms with van der Waals surface area (Å²) in [5, 5.41) is 3.33. The molecule has 1 fully saturated rings. The highest BCUT2D eigenvalue weighted by Gasteiger charge is 2.44. The van der Waals surface area contributed by atoms with Crippen LogP contribution < -0.4 is 5.32 Å². The van der Waals surface area contributed by atoms with Gasteiger partial charge in [-0.15, -0.1) is 11.3 Å². The topological polar surface area (TPSA) is 52.6 Å². The van der Waals surface area contributed by atoms with E-state index in [1.54, 1.807) is 24.3 Å². The molecule has 1 aliphatic carbocycles. The fourth-order valence-corrected chi connectivity index (χ4v) is 6.08. The van der Waals surface area contributed by atoms with Crippen LogP contribution in [-0.2, 0) is 18.4 Å². The molecule has 2 heterocycles. The minimum atomic E-state index is -0.264. The van der Waals surface area contributed by atoms with E-state index in [0.29, 0.717) is 44.0 Å². The van der Waals surface area contributed by atoms with Crippen LogP contribution in [0.5, 0.6) is 0 Å². The number of nitrogens with one attached hydrogen (secondary N) is 1. The van der Waals surface area contributed by atoms with Gasteiger partial charge >= 0.3 is 0 Å². The van der Waals surface area contributed by atoms with E-state index in [9.17, 15) is 9.59 Å². The minimum Gasteiger partial charge on any atom is -0.334 e. The maximum atomic E-state index is 13.1. The Kier molecular flexibility index (Phi) is 6.66. The number of rotatable bonds is 8. The summed E-state index contributed by atoms with van der Waals surface area (Å²) >= 11 is 13.5. The van der Waals surface area contributed by atoms with Gasteiger partial charge in [-0.1, -0.05) is 47.5 Å². The lowest BCUT2D eigenvalue weighted by atomic mass is 9.94. The van der Waals surface area contributed by atoms with Crippen molar-refractivity contribution in [2.24, 2.45) is 0 Å². The number of benzene rings is 2. The summed E-state index contributed by atoms with van der Waals surface area (Å²) in [6, 6.07) is 15.6. The second-order valence-electron chi connectivity index (χ2n) is 9.73. The van der Waals surface area contributed by atoms with Gasteiger partial charge in [0.15, 0.2) is 0 Å². The number of amides is 2. The van der Waals surface area contributed by atoms with E-state index < -0.39 is 0 Å². The van der Waals surface area contributed by atoms with Crippen molar-refractivity contribution in [3.05, 3.63) is 85.0 Å². The van der Waals surface area contributed by atoms with Crippen LogP contribution >= 0.6 is 34.5 Å². The Morgan fingerprint density at radius 3 is 2.49 bits per heavy atom. The van der Waals surface area contributed by atoms with Crippen LogP contribution in [-0.4, -0.2) is 48.8 Å². The Hall–Kier alpha value is -2.38. The van der Waals surface area contributed by atoms with Crippen molar-refractivity contribution in [2.75, 3.05) is 32.5 Å². The van der Waals surface area contributed by atoms with Crippen LogP contribution in [0.15, 0.2) is 48.5 Å². The number of anilines is 1. The van der Waals surface area contributed by atoms with Crippen molar-refractivity contribution < 1.29 is 9.59 Å². The van der Waals surface area contributed by atoms with Crippen molar-refractivity contribution in [2.45, 2.75) is 31.2 Å². The van der Waals surface area contributed by atoms with Crippen LogP contribution in [0.4, 0.5) is 5.69 Å². The number of hydrogen-bond acceptors (Lipinski definition) is 4. The number of thiophene rings is 1. The third-order valence-corrected chi connectivity index (χ3v) is 8.28. The first-order chi connectivity index (χ1) is 16.7. The fraction of sp³-hybridized carbons (Fsp3) is 0.333. The van der Waals surface area contributed by atoms with E-state index in [0.717, 1.165) is 18.5 Å². The number of carbonyl (C=O) groups is 2. The van der Waals surface area contributed by atoms with Crippen LogP contribution in [0.25, 0.3) is 0 Å². The number of nitrogens with zero attached hydrogens (tertiary/aromatic N) is 2. The van der Waals surface area contributed by atoms with Gasteiger partial charge in [0.1, 0.15) is 0 Å². The average molecular weight is 529 g/mol. The minimum absolute atomic E-state index is 0.0586. The number of fused-ring (bicyclic) bond motifs is 1. The number of hydrogen-bond donors (Lipinski definition) is 1. The zero-order valence-corrected chi connectivity index (χ0v) is 22.1. The first kappa shape index (κ1) is 24.3. The molecule has 0 bridgehead atoms. The molecule has 1 saturated carbocycles. The van der Waals surface area contributed by atoms with Gasteiger partial charge in [0.05, 0.1) is 9.21 Å². The molecule has 2 aromatic carbocycles. The SMILES string of the molecule is CN(C)CC1(c2ccc(CCN3Cc4c(NC(=O)c5ccc(Cl)s5)cc(Cl)cc4C3=O)cc2)CC1. The van der Waals surface area contributed by atoms with E-state index in [1.165, 1.54) is 35.3 Å². The summed E-state index contributed by atoms with van der Waals surface area (Å²) in [6.45, 7) is 2.12. The number of halogens is 2. The molecule has 0 spiro atoms. The van der Waals surface area contributed by atoms with Crippen LogP contribution in [0.2, 0.25) is 9.36 Å². The molecule has 5 rings (SSSR count). The summed E-state index contributed by atoms with van der Waals surface area (Å²) < 4.78 is 0.547. The van der Waals surface area contributed by atoms with Gasteiger partial charge in [0, 0.05) is 46.9 Å². The van der Waals surface area contributed by atoms with E-state index >= 15 is 0 Å². The van der Waals surface area contributed by atoms with Gasteiger partial charge in [-0.3, -0.25) is 9.59 Å². The molecule has 1 N–H and O–H groups in total. The van der Waals surface area contributed by atoms with Crippen molar-refractivity contribution in [3.8, 4) is 0 Å². The molecule has 5 nitrogen and oxygen atoms in total. The highest BCUT2D eigenvalue weighted by Crippen LogP contribution is 2.48. The maximum absolute atomic E-state index is 13.1. The lowest BCUT2D eigenvalue weighted by Crippen LogP contribution is -2.26. The molecule has 1 aromatic heterocycles. The largest absolute Gasteiger partial charge is 0.334 e. The number of likely N-dealkylation sites (N-methyl/N-ethyl adjacent to an activating group) is 1. The Bertz CT molecular complexity index is 1280. The summed E-state index contributed by atoms with van der Waals surface area (Å²) in [6.07, 6.45) is 3.25. The van der Waals surface area contributed by atoms with Gasteiger partial charge in [-0.05, 0) is 68.8 Å². The zero-order valence-electron chi connectivity index (χ0n) is 19.7. The van der Waals surface area contributed by atoms with Crippen molar-refractivity contribution in [1.82, 2.24) is 9.80 Å². The molecular weight excluding hydrogens is 501 g/mol. The lowest BCUT2D eigenvalue weighted by Gasteiger charge is -2.21. The zero-order chi connectivity index (χ0) is 24.7. The van der Waals surface area contributed by atoms with Gasteiger partial charge in [-0.2, -0.15) is 0 Å². The molecule has 0 atom stereocenters. The smallest absolute Gasteiger partial charge is 0.265 e. The van der Waals surface area contributed by atoms with E-state index in [-0.39, 0.29) is 11.8 Å². The van der Waals surface area contributed by atoms with Crippen LogP contribution in [0.3, 0.4) is 0 Å². The van der Waals surface area contributed by atoms with Crippen LogP contribution in [0.1, 0.15) is 49.6 Å². The summed E-state index contributed by atoms with van der Waals surface area (Å²) in [4.78, 5) is 30.4. The lowest BCUT2D eigenvalue weighted by molar-refractivity contribution is 0.0780. The average Bonchev–Trinajstić information content (AvgIpc) is 3.33. The second-order valence-corrected chi connectivity index (χ2v) is 11.9. The highest BCUT2D eigenvalue weighted by atomic mass is 35.5. The van der Waals surface area contributed by atoms with Crippen molar-refractivity contribution in [3.63, 3.8) is 0 Å². The molecule has 2 amide bonds. The van der Waals surface area contributed by atoms with Crippen molar-refractivity contribution >= 4 is 52.0 Å². The van der Waals surface area contributed by atoms with E-state index in [4.69, 9.17) is 23.2 Å². The molecule has 3 aromatic rings. The molecule has 1 aliphatic heterocycles. The van der Waals surface area contributed by atoms with Gasteiger partial charge in [0.25, 0.3) is 11.8 Å². The predicted molar refractivity (Wildman–Crippen MR) is 143 cm³/mol. The third kappa shape index (κ3) is 5.12. The van der Waals surface area contributed by atoms with Gasteiger partial charge < -0.3 is 15.1 Å². The quantitative estimate of drug-likeness (QED) is 0.385. The van der Waals surface area contributed by atoms with E-state index in [1.807, 2.05) is 4.90 Å². The van der Waals surface area contributed by atoms with Gasteiger partial charge in [0.2, 0.25) is 0 Å². The Morgan fingerprint density at radius 1 is 1.11 bits per heavy atom. The molecule has 0 unspecified atom stereocenters. The molecule has 8 heteroatoms. The summed E-state index contributed by atoms with van der Waals surface area (Å²) in [5.41, 5.74) is 4.83. The highest BCUT2D eigenvalue weighted by molar-refractivity contribution is 7.18. The molecule has 0 radical (unpaired) electrons. The molecule has 182 valence electrons. The number of carbonyl (C=O) groups excluding carboxylic acids is 2. The van der Waals surface area contributed by atoms with Gasteiger partial charge in [-0.25, -0.2) is 0 Å². The van der Waals surface area contributed by atoms with E-state index in [2.05, 4.69) is 48.6 Å². The molecule has 0 saturated heterocycles. The predicted octanol–water partition coefficient (Wildman–Crippen LogP) is 6.10. The molecular formula is C27H27Cl2N3O2S.